The Morgan fingerprint density at radius 3 is 2.52 bits per heavy atom. The van der Waals surface area contributed by atoms with Crippen molar-refractivity contribution in [2.24, 2.45) is 0 Å². The summed E-state index contributed by atoms with van der Waals surface area (Å²) in [5.74, 6) is 1.06. The van der Waals surface area contributed by atoms with Crippen molar-refractivity contribution in [3.05, 3.63) is 65.2 Å². The predicted molar refractivity (Wildman–Crippen MR) is 85.4 cm³/mol. The molecule has 3 rings (SSSR count). The van der Waals surface area contributed by atoms with Gasteiger partial charge in [0.2, 0.25) is 6.73 Å². The standard InChI is InChI=1S/C19H23NO/c1-19(2,3)17-9-10-18-16(11-17)13-20(14-21-18)12-15-7-5-4-6-8-15/h4-11H,12-14H2,1-3H3/p+1. The van der Waals surface area contributed by atoms with Gasteiger partial charge >= 0.3 is 0 Å². The van der Waals surface area contributed by atoms with Gasteiger partial charge < -0.3 is 4.74 Å². The third-order valence-corrected chi connectivity index (χ3v) is 4.10. The Labute approximate surface area is 127 Å². The molecule has 2 nitrogen and oxygen atoms in total. The van der Waals surface area contributed by atoms with Gasteiger partial charge in [-0.2, -0.15) is 0 Å². The lowest BCUT2D eigenvalue weighted by molar-refractivity contribution is -0.945. The maximum atomic E-state index is 5.94. The molecule has 1 N–H and O–H groups in total. The van der Waals surface area contributed by atoms with Crippen LogP contribution in [0.15, 0.2) is 48.5 Å². The van der Waals surface area contributed by atoms with Crippen LogP contribution in [-0.4, -0.2) is 6.73 Å². The highest BCUT2D eigenvalue weighted by Gasteiger charge is 2.23. The second kappa shape index (κ2) is 5.53. The number of hydrogen-bond acceptors (Lipinski definition) is 1. The van der Waals surface area contributed by atoms with Crippen molar-refractivity contribution in [1.82, 2.24) is 0 Å². The van der Waals surface area contributed by atoms with E-state index in [1.54, 1.807) is 0 Å². The van der Waals surface area contributed by atoms with Crippen LogP contribution in [0.4, 0.5) is 0 Å². The molecule has 0 bridgehead atoms. The molecule has 1 atom stereocenters. The summed E-state index contributed by atoms with van der Waals surface area (Å²) in [5.41, 5.74) is 4.27. The minimum absolute atomic E-state index is 0.187. The van der Waals surface area contributed by atoms with Gasteiger partial charge in [-0.3, -0.25) is 4.90 Å². The Morgan fingerprint density at radius 2 is 1.81 bits per heavy atom. The summed E-state index contributed by atoms with van der Waals surface area (Å²) in [7, 11) is 0. The summed E-state index contributed by atoms with van der Waals surface area (Å²) in [6.07, 6.45) is 0. The molecule has 0 saturated heterocycles. The first-order valence-corrected chi connectivity index (χ1v) is 7.66. The molecule has 1 unspecified atom stereocenters. The molecule has 0 amide bonds. The first-order valence-electron chi connectivity index (χ1n) is 7.66. The summed E-state index contributed by atoms with van der Waals surface area (Å²) in [6, 6.07) is 17.3. The highest BCUT2D eigenvalue weighted by molar-refractivity contribution is 5.39. The Hall–Kier alpha value is -1.80. The minimum Gasteiger partial charge on any atom is -0.445 e. The maximum absolute atomic E-state index is 5.94. The lowest BCUT2D eigenvalue weighted by Crippen LogP contribution is -3.10. The molecule has 0 spiro atoms. The molecule has 1 aliphatic rings. The number of benzene rings is 2. The van der Waals surface area contributed by atoms with Crippen LogP contribution in [0.1, 0.15) is 37.5 Å². The fourth-order valence-electron chi connectivity index (χ4n) is 2.82. The first-order chi connectivity index (χ1) is 10.0. The zero-order valence-electron chi connectivity index (χ0n) is 13.1. The van der Waals surface area contributed by atoms with Crippen LogP contribution in [0.25, 0.3) is 0 Å². The van der Waals surface area contributed by atoms with Crippen molar-refractivity contribution in [1.29, 1.82) is 0 Å². The fourth-order valence-corrected chi connectivity index (χ4v) is 2.82. The molecule has 110 valence electrons. The molecule has 0 radical (unpaired) electrons. The number of nitrogens with one attached hydrogen (secondary N) is 1. The van der Waals surface area contributed by atoms with Crippen LogP contribution in [0.3, 0.4) is 0 Å². The molecule has 0 aliphatic carbocycles. The molecule has 1 aliphatic heterocycles. The van der Waals surface area contributed by atoms with E-state index in [9.17, 15) is 0 Å². The molecule has 0 fully saturated rings. The Morgan fingerprint density at radius 1 is 1.05 bits per heavy atom. The van der Waals surface area contributed by atoms with Crippen LogP contribution < -0.4 is 9.64 Å². The summed E-state index contributed by atoms with van der Waals surface area (Å²) in [5, 5.41) is 0. The molecule has 2 aromatic carbocycles. The van der Waals surface area contributed by atoms with Crippen LogP contribution in [0.5, 0.6) is 5.75 Å². The van der Waals surface area contributed by atoms with E-state index in [0.717, 1.165) is 25.6 Å². The summed E-state index contributed by atoms with van der Waals surface area (Å²) >= 11 is 0. The van der Waals surface area contributed by atoms with Crippen molar-refractivity contribution in [3.63, 3.8) is 0 Å². The average molecular weight is 282 g/mol. The van der Waals surface area contributed by atoms with Crippen molar-refractivity contribution in [2.75, 3.05) is 6.73 Å². The van der Waals surface area contributed by atoms with Gasteiger partial charge in [-0.05, 0) is 23.1 Å². The van der Waals surface area contributed by atoms with E-state index in [1.165, 1.54) is 21.6 Å². The maximum Gasteiger partial charge on any atom is 0.222 e. The quantitative estimate of drug-likeness (QED) is 0.894. The third-order valence-electron chi connectivity index (χ3n) is 4.10. The van der Waals surface area contributed by atoms with Gasteiger partial charge in [0.15, 0.2) is 0 Å². The molecule has 0 aromatic heterocycles. The fraction of sp³-hybridized carbons (Fsp3) is 0.368. The van der Waals surface area contributed by atoms with E-state index in [4.69, 9.17) is 4.74 Å². The van der Waals surface area contributed by atoms with Crippen molar-refractivity contribution < 1.29 is 9.64 Å². The van der Waals surface area contributed by atoms with Gasteiger partial charge in [-0.15, -0.1) is 0 Å². The van der Waals surface area contributed by atoms with E-state index >= 15 is 0 Å². The van der Waals surface area contributed by atoms with Gasteiger partial charge in [0.1, 0.15) is 18.8 Å². The van der Waals surface area contributed by atoms with Gasteiger partial charge in [0.25, 0.3) is 0 Å². The first kappa shape index (κ1) is 14.2. The Bertz CT molecular complexity index is 613. The third kappa shape index (κ3) is 3.27. The molecular formula is C19H24NO+. The van der Waals surface area contributed by atoms with Crippen LogP contribution in [0.2, 0.25) is 0 Å². The zero-order valence-corrected chi connectivity index (χ0v) is 13.1. The van der Waals surface area contributed by atoms with Crippen LogP contribution in [0, 0.1) is 0 Å². The highest BCUT2D eigenvalue weighted by Crippen LogP contribution is 2.28. The smallest absolute Gasteiger partial charge is 0.222 e. The summed E-state index contributed by atoms with van der Waals surface area (Å²) in [4.78, 5) is 1.46. The summed E-state index contributed by atoms with van der Waals surface area (Å²) in [6.45, 7) is 9.57. The SMILES string of the molecule is CC(C)(C)c1ccc2c(c1)C[NH+](Cc1ccccc1)CO2. The van der Waals surface area contributed by atoms with E-state index in [-0.39, 0.29) is 5.41 Å². The monoisotopic (exact) mass is 282 g/mol. The van der Waals surface area contributed by atoms with Gasteiger partial charge in [-0.25, -0.2) is 0 Å². The van der Waals surface area contributed by atoms with Crippen LogP contribution >= 0.6 is 0 Å². The van der Waals surface area contributed by atoms with E-state index in [0.29, 0.717) is 0 Å². The number of fused-ring (bicyclic) bond motifs is 1. The number of rotatable bonds is 2. The predicted octanol–water partition coefficient (Wildman–Crippen LogP) is 2.92. The molecule has 0 saturated carbocycles. The van der Waals surface area contributed by atoms with Crippen LogP contribution in [-0.2, 0) is 18.5 Å². The lowest BCUT2D eigenvalue weighted by atomic mass is 9.86. The molecular weight excluding hydrogens is 258 g/mol. The molecule has 2 heteroatoms. The molecule has 2 aromatic rings. The minimum atomic E-state index is 0.187. The number of hydrogen-bond donors (Lipinski definition) is 1. The van der Waals surface area contributed by atoms with Gasteiger partial charge in [0.05, 0.1) is 0 Å². The zero-order chi connectivity index (χ0) is 14.9. The Kier molecular flexibility index (Phi) is 3.73. The van der Waals surface area contributed by atoms with Crippen molar-refractivity contribution in [2.45, 2.75) is 39.3 Å². The second-order valence-corrected chi connectivity index (χ2v) is 6.95. The van der Waals surface area contributed by atoms with Gasteiger partial charge in [-0.1, -0.05) is 57.2 Å². The van der Waals surface area contributed by atoms with E-state index in [1.807, 2.05) is 0 Å². The highest BCUT2D eigenvalue weighted by atomic mass is 16.5. The average Bonchev–Trinajstić information content (AvgIpc) is 2.46. The summed E-state index contributed by atoms with van der Waals surface area (Å²) < 4.78 is 5.94. The number of ether oxygens (including phenoxy) is 1. The van der Waals surface area contributed by atoms with Gasteiger partial charge in [0, 0.05) is 11.1 Å². The largest absolute Gasteiger partial charge is 0.445 e. The number of quaternary nitrogens is 1. The Balaban J connectivity index is 1.78. The van der Waals surface area contributed by atoms with Crippen molar-refractivity contribution >= 4 is 0 Å². The van der Waals surface area contributed by atoms with E-state index in [2.05, 4.69) is 69.3 Å². The van der Waals surface area contributed by atoms with E-state index < -0.39 is 0 Å². The molecule has 21 heavy (non-hydrogen) atoms. The second-order valence-electron chi connectivity index (χ2n) is 6.95. The van der Waals surface area contributed by atoms with Crippen molar-refractivity contribution in [3.8, 4) is 5.75 Å². The topological polar surface area (TPSA) is 13.7 Å². The lowest BCUT2D eigenvalue weighted by Gasteiger charge is -2.28. The normalized spacial score (nSPS) is 18.0. The molecule has 1 heterocycles.